The lowest BCUT2D eigenvalue weighted by Crippen LogP contribution is -2.49. The van der Waals surface area contributed by atoms with Gasteiger partial charge < -0.3 is 14.9 Å². The van der Waals surface area contributed by atoms with Crippen LogP contribution in [-0.4, -0.2) is 40.3 Å². The number of ketones is 1. The van der Waals surface area contributed by atoms with Crippen LogP contribution < -0.4 is 0 Å². The smallest absolute Gasteiger partial charge is 0.345 e. The van der Waals surface area contributed by atoms with Crippen LogP contribution in [0.3, 0.4) is 0 Å². The van der Waals surface area contributed by atoms with E-state index in [0.717, 1.165) is 19.8 Å². The number of rotatable bonds is 10. The van der Waals surface area contributed by atoms with Gasteiger partial charge in [0.1, 0.15) is 6.10 Å². The number of aliphatic hydroxyl groups is 2. The van der Waals surface area contributed by atoms with Crippen molar-refractivity contribution in [1.82, 2.24) is 0 Å². The SMILES string of the molecule is CCCCCCCCOC(=O)C(C)(O)C(=O)C(C)O. The Morgan fingerprint density at radius 2 is 1.68 bits per heavy atom. The maximum Gasteiger partial charge on any atom is 0.345 e. The fourth-order valence-corrected chi connectivity index (χ4v) is 1.70. The van der Waals surface area contributed by atoms with Crippen molar-refractivity contribution in [2.75, 3.05) is 6.61 Å². The standard InChI is InChI=1S/C14H26O5/c1-4-5-6-7-8-9-10-19-13(17)14(3,18)12(16)11(2)15/h11,15,18H,4-10H2,1-3H3. The number of carbonyl (C=O) groups excluding carboxylic acids is 2. The first-order valence-corrected chi connectivity index (χ1v) is 6.96. The molecule has 0 radical (unpaired) electrons. The molecule has 0 heterocycles. The first-order chi connectivity index (χ1) is 8.84. The van der Waals surface area contributed by atoms with Crippen LogP contribution in [-0.2, 0) is 14.3 Å². The van der Waals surface area contributed by atoms with Gasteiger partial charge in [0, 0.05) is 0 Å². The summed E-state index contributed by atoms with van der Waals surface area (Å²) in [6.45, 7) is 4.58. The monoisotopic (exact) mass is 274 g/mol. The zero-order valence-electron chi connectivity index (χ0n) is 12.1. The number of unbranched alkanes of at least 4 members (excludes halogenated alkanes) is 5. The Bertz CT molecular complexity index is 284. The lowest BCUT2D eigenvalue weighted by molar-refractivity contribution is -0.171. The maximum absolute atomic E-state index is 11.5. The van der Waals surface area contributed by atoms with Gasteiger partial charge in [-0.1, -0.05) is 39.0 Å². The van der Waals surface area contributed by atoms with E-state index in [1.807, 2.05) is 0 Å². The van der Waals surface area contributed by atoms with Crippen molar-refractivity contribution < 1.29 is 24.5 Å². The highest BCUT2D eigenvalue weighted by atomic mass is 16.6. The normalized spacial score (nSPS) is 15.6. The molecule has 5 heteroatoms. The van der Waals surface area contributed by atoms with Crippen molar-refractivity contribution in [2.45, 2.75) is 71.0 Å². The third kappa shape index (κ3) is 6.68. The summed E-state index contributed by atoms with van der Waals surface area (Å²) in [5, 5.41) is 18.8. The van der Waals surface area contributed by atoms with Gasteiger partial charge in [-0.2, -0.15) is 0 Å². The Morgan fingerprint density at radius 3 is 2.21 bits per heavy atom. The van der Waals surface area contributed by atoms with Gasteiger partial charge >= 0.3 is 5.97 Å². The molecule has 0 aliphatic carbocycles. The van der Waals surface area contributed by atoms with Crippen molar-refractivity contribution >= 4 is 11.8 Å². The number of hydrogen-bond donors (Lipinski definition) is 2. The molecule has 0 saturated heterocycles. The van der Waals surface area contributed by atoms with Gasteiger partial charge in [-0.3, -0.25) is 4.79 Å². The zero-order chi connectivity index (χ0) is 14.9. The molecule has 0 saturated carbocycles. The van der Waals surface area contributed by atoms with Crippen LogP contribution in [0.15, 0.2) is 0 Å². The maximum atomic E-state index is 11.5. The van der Waals surface area contributed by atoms with Gasteiger partial charge in [0.25, 0.3) is 0 Å². The highest BCUT2D eigenvalue weighted by Crippen LogP contribution is 2.12. The first kappa shape index (κ1) is 18.1. The molecule has 0 aromatic heterocycles. The predicted octanol–water partition coefficient (Wildman–Crippen LogP) is 1.59. The summed E-state index contributed by atoms with van der Waals surface area (Å²) in [6.07, 6.45) is 4.93. The number of hydrogen-bond acceptors (Lipinski definition) is 5. The lowest BCUT2D eigenvalue weighted by atomic mass is 9.98. The fourth-order valence-electron chi connectivity index (χ4n) is 1.70. The average molecular weight is 274 g/mol. The molecule has 112 valence electrons. The minimum atomic E-state index is -2.27. The van der Waals surface area contributed by atoms with E-state index in [4.69, 9.17) is 9.84 Å². The molecule has 19 heavy (non-hydrogen) atoms. The zero-order valence-corrected chi connectivity index (χ0v) is 12.1. The summed E-state index contributed by atoms with van der Waals surface area (Å²) in [5.74, 6) is -1.94. The highest BCUT2D eigenvalue weighted by Gasteiger charge is 2.42. The Kier molecular flexibility index (Phi) is 8.59. The van der Waals surface area contributed by atoms with Gasteiger partial charge in [-0.15, -0.1) is 0 Å². The van der Waals surface area contributed by atoms with Gasteiger partial charge in [-0.25, -0.2) is 4.79 Å². The van der Waals surface area contributed by atoms with Crippen LogP contribution in [0, 0.1) is 0 Å². The van der Waals surface area contributed by atoms with E-state index in [1.54, 1.807) is 0 Å². The number of carbonyl (C=O) groups is 2. The van der Waals surface area contributed by atoms with E-state index in [1.165, 1.54) is 26.2 Å². The molecule has 2 N–H and O–H groups in total. The second-order valence-corrected chi connectivity index (χ2v) is 5.02. The molecule has 5 nitrogen and oxygen atoms in total. The summed E-state index contributed by atoms with van der Waals surface area (Å²) in [4.78, 5) is 23.0. The third-order valence-corrected chi connectivity index (χ3v) is 2.99. The predicted molar refractivity (Wildman–Crippen MR) is 71.6 cm³/mol. The summed E-state index contributed by atoms with van der Waals surface area (Å²) in [5.41, 5.74) is -2.27. The van der Waals surface area contributed by atoms with E-state index >= 15 is 0 Å². The Hall–Kier alpha value is -0.940. The molecule has 0 amide bonds. The van der Waals surface area contributed by atoms with E-state index in [-0.39, 0.29) is 6.61 Å². The Morgan fingerprint density at radius 1 is 1.16 bits per heavy atom. The molecule has 0 aromatic carbocycles. The summed E-state index contributed by atoms with van der Waals surface area (Å²) in [6, 6.07) is 0. The molecule has 0 aliphatic rings. The molecule has 0 aromatic rings. The van der Waals surface area contributed by atoms with Crippen molar-refractivity contribution in [3.63, 3.8) is 0 Å². The quantitative estimate of drug-likeness (QED) is 0.359. The third-order valence-electron chi connectivity index (χ3n) is 2.99. The van der Waals surface area contributed by atoms with Crippen molar-refractivity contribution in [2.24, 2.45) is 0 Å². The Labute approximate surface area is 115 Å². The number of aliphatic hydroxyl groups excluding tert-OH is 1. The molecule has 0 aliphatic heterocycles. The van der Waals surface area contributed by atoms with E-state index in [9.17, 15) is 14.7 Å². The molecule has 2 atom stereocenters. The van der Waals surface area contributed by atoms with Crippen LogP contribution in [0.4, 0.5) is 0 Å². The Balaban J connectivity index is 3.88. The van der Waals surface area contributed by atoms with E-state index in [0.29, 0.717) is 6.42 Å². The molecule has 2 unspecified atom stereocenters. The molecule has 0 spiro atoms. The number of ether oxygens (including phenoxy) is 1. The van der Waals surface area contributed by atoms with Gasteiger partial charge in [0.05, 0.1) is 6.61 Å². The van der Waals surface area contributed by atoms with Crippen LogP contribution in [0.5, 0.6) is 0 Å². The van der Waals surface area contributed by atoms with E-state index < -0.39 is 23.5 Å². The molecular formula is C14H26O5. The minimum Gasteiger partial charge on any atom is -0.463 e. The van der Waals surface area contributed by atoms with Crippen LogP contribution in [0.2, 0.25) is 0 Å². The lowest BCUT2D eigenvalue weighted by Gasteiger charge is -2.21. The summed E-state index contributed by atoms with van der Waals surface area (Å²) in [7, 11) is 0. The van der Waals surface area contributed by atoms with Crippen molar-refractivity contribution in [1.29, 1.82) is 0 Å². The largest absolute Gasteiger partial charge is 0.463 e. The van der Waals surface area contributed by atoms with E-state index in [2.05, 4.69) is 6.92 Å². The summed E-state index contributed by atoms with van der Waals surface area (Å²) >= 11 is 0. The van der Waals surface area contributed by atoms with Crippen molar-refractivity contribution in [3.05, 3.63) is 0 Å². The van der Waals surface area contributed by atoms with Crippen LogP contribution >= 0.6 is 0 Å². The highest BCUT2D eigenvalue weighted by molar-refractivity contribution is 6.08. The second kappa shape index (κ2) is 9.04. The fraction of sp³-hybridized carbons (Fsp3) is 0.857. The summed E-state index contributed by atoms with van der Waals surface area (Å²) < 4.78 is 4.86. The molecule has 0 rings (SSSR count). The average Bonchev–Trinajstić information content (AvgIpc) is 2.36. The second-order valence-electron chi connectivity index (χ2n) is 5.02. The topological polar surface area (TPSA) is 83.8 Å². The minimum absolute atomic E-state index is 0.189. The van der Waals surface area contributed by atoms with Crippen LogP contribution in [0.1, 0.15) is 59.3 Å². The van der Waals surface area contributed by atoms with Crippen molar-refractivity contribution in [3.8, 4) is 0 Å². The van der Waals surface area contributed by atoms with Crippen LogP contribution in [0.25, 0.3) is 0 Å². The number of Topliss-reactive ketones (excluding diaryl/α,β-unsaturated/α-hetero) is 1. The first-order valence-electron chi connectivity index (χ1n) is 6.96. The van der Waals surface area contributed by atoms with Gasteiger partial charge in [0.15, 0.2) is 0 Å². The van der Waals surface area contributed by atoms with Gasteiger partial charge in [0.2, 0.25) is 11.4 Å². The molecule has 0 fully saturated rings. The van der Waals surface area contributed by atoms with Gasteiger partial charge in [-0.05, 0) is 20.3 Å². The molecular weight excluding hydrogens is 248 g/mol. The number of esters is 1. The molecule has 0 bridgehead atoms.